The fraction of sp³-hybridized carbons (Fsp3) is 0.391. The predicted molar refractivity (Wildman–Crippen MR) is 244 cm³/mol. The average molecular weight is 873 g/mol. The molecule has 6 heterocycles. The number of carboxylic acids is 1. The Hall–Kier alpha value is -6.00. The lowest BCUT2D eigenvalue weighted by Crippen LogP contribution is -2.37. The van der Waals surface area contributed by atoms with Crippen molar-refractivity contribution in [2.24, 2.45) is 20.8 Å². The maximum absolute atomic E-state index is 12.8. The molecule has 3 N–H and O–H groups in total. The molecule has 2 aliphatic carbocycles. The highest BCUT2D eigenvalue weighted by Crippen LogP contribution is 2.48. The fourth-order valence-corrected chi connectivity index (χ4v) is 11.9. The Morgan fingerprint density at radius 3 is 1.65 bits per heavy atom. The average Bonchev–Trinajstić information content (AvgIpc) is 4.10. The summed E-state index contributed by atoms with van der Waals surface area (Å²) in [6, 6.07) is 8.12. The molecule has 14 nitrogen and oxygen atoms in total. The topological polar surface area (TPSA) is 182 Å². The molecule has 4 aliphatic rings. The number of benzene rings is 2. The van der Waals surface area contributed by atoms with E-state index in [1.54, 1.807) is 49.5 Å². The molecule has 0 unspecified atom stereocenters. The molecule has 0 saturated heterocycles. The number of methoxy groups -OCH3 is 2. The zero-order chi connectivity index (χ0) is 43.2. The second-order valence-corrected chi connectivity index (χ2v) is 18.3. The van der Waals surface area contributed by atoms with Crippen molar-refractivity contribution < 1.29 is 28.9 Å². The standard InChI is InChI=1S/C24H26N4O3S.C22H22N4O3S/c1-4-24(23(29)31-5-2)7-6-16-19(10-24)32-22-20(16)21(26-13-27-22)28-17-8-14-11-25-12-15(14)9-18(17)30-3;1-3-22(21(27)28)5-4-14-17(8-22)30-20-18(14)19(24-11-25-20)26-15-6-12-9-23-10-13(12)7-16(15)29-2/h8-9,11,13H,4-7,10,12H2,1-3H3,(H,26,27,28);6-7,9,11H,3-5,8,10H2,1-2H3,(H,27,28)(H,24,25,26)/t24-;22-/m00/s1. The molecular formula is C46H48N8O6S2. The molecule has 0 bridgehead atoms. The fourth-order valence-electron chi connectivity index (χ4n) is 9.20. The van der Waals surface area contributed by atoms with Crippen LogP contribution in [0.15, 0.2) is 46.9 Å². The molecule has 2 aliphatic heterocycles. The lowest BCUT2D eigenvalue weighted by atomic mass is 9.72. The lowest BCUT2D eigenvalue weighted by molar-refractivity contribution is -0.156. The Bertz CT molecular complexity index is 2820. The second-order valence-electron chi connectivity index (χ2n) is 16.2. The summed E-state index contributed by atoms with van der Waals surface area (Å²) in [5.74, 6) is 2.20. The highest BCUT2D eigenvalue weighted by Gasteiger charge is 2.43. The van der Waals surface area contributed by atoms with Gasteiger partial charge in [0, 0.05) is 22.2 Å². The first-order valence-corrected chi connectivity index (χ1v) is 22.6. The van der Waals surface area contributed by atoms with E-state index in [4.69, 9.17) is 14.2 Å². The molecule has 4 aromatic heterocycles. The number of carboxylic acid groups (broad SMARTS) is 1. The molecule has 0 fully saturated rings. The van der Waals surface area contributed by atoms with Crippen LogP contribution < -0.4 is 20.1 Å². The molecule has 0 radical (unpaired) electrons. The summed E-state index contributed by atoms with van der Waals surface area (Å²) in [5, 5.41) is 18.8. The minimum Gasteiger partial charge on any atom is -0.495 e. The van der Waals surface area contributed by atoms with Crippen LogP contribution in [-0.4, -0.2) is 70.2 Å². The van der Waals surface area contributed by atoms with E-state index in [-0.39, 0.29) is 5.97 Å². The van der Waals surface area contributed by atoms with Gasteiger partial charge in [0.25, 0.3) is 0 Å². The number of nitrogens with one attached hydrogen (secondary N) is 2. The molecule has 16 heteroatoms. The molecule has 10 rings (SSSR count). The van der Waals surface area contributed by atoms with Crippen LogP contribution in [0.4, 0.5) is 23.0 Å². The minimum absolute atomic E-state index is 0.0837. The molecule has 6 aromatic rings. The SMILES string of the molecule is CCOC(=O)[C@@]1(CC)CCc2c(sc3ncnc(Nc4cc5c(cc4OC)CN=C5)c23)C1.CC[C@]1(C(=O)O)CCc2c(sc3ncnc(Nc4cc5c(cc4OC)CN=C5)c23)C1. The zero-order valence-corrected chi connectivity index (χ0v) is 37.0. The highest BCUT2D eigenvalue weighted by molar-refractivity contribution is 7.19. The van der Waals surface area contributed by atoms with Crippen molar-refractivity contribution in [1.82, 2.24) is 19.9 Å². The van der Waals surface area contributed by atoms with Crippen molar-refractivity contribution in [3.8, 4) is 11.5 Å². The van der Waals surface area contributed by atoms with Gasteiger partial charge < -0.3 is 30.0 Å². The van der Waals surface area contributed by atoms with Gasteiger partial charge in [-0.15, -0.1) is 22.7 Å². The number of rotatable bonds is 11. The number of hydrogen-bond acceptors (Lipinski definition) is 15. The Balaban J connectivity index is 0.000000158. The lowest BCUT2D eigenvalue weighted by Gasteiger charge is -2.33. The predicted octanol–water partition coefficient (Wildman–Crippen LogP) is 9.17. The largest absolute Gasteiger partial charge is 0.495 e. The monoisotopic (exact) mass is 872 g/mol. The number of carbonyl (C=O) groups is 2. The summed E-state index contributed by atoms with van der Waals surface area (Å²) < 4.78 is 16.7. The molecule has 0 spiro atoms. The molecule has 0 saturated carbocycles. The van der Waals surface area contributed by atoms with Crippen LogP contribution in [0, 0.1) is 10.8 Å². The van der Waals surface area contributed by atoms with Gasteiger partial charge in [-0.2, -0.15) is 0 Å². The number of aliphatic carboxylic acids is 1. The van der Waals surface area contributed by atoms with Gasteiger partial charge >= 0.3 is 11.9 Å². The van der Waals surface area contributed by atoms with E-state index in [0.717, 1.165) is 101 Å². The maximum atomic E-state index is 12.8. The Kier molecular flexibility index (Phi) is 11.1. The van der Waals surface area contributed by atoms with Crippen LogP contribution in [-0.2, 0) is 53.1 Å². The highest BCUT2D eigenvalue weighted by atomic mass is 32.1. The van der Waals surface area contributed by atoms with Gasteiger partial charge in [-0.3, -0.25) is 19.6 Å². The van der Waals surface area contributed by atoms with Crippen molar-refractivity contribution in [2.45, 2.75) is 85.2 Å². The van der Waals surface area contributed by atoms with Crippen molar-refractivity contribution in [3.05, 3.63) is 80.1 Å². The van der Waals surface area contributed by atoms with Gasteiger partial charge in [-0.25, -0.2) is 19.9 Å². The van der Waals surface area contributed by atoms with Crippen LogP contribution in [0.1, 0.15) is 89.6 Å². The number of hydrogen-bond donors (Lipinski definition) is 3. The van der Waals surface area contributed by atoms with Gasteiger partial charge in [0.15, 0.2) is 0 Å². The van der Waals surface area contributed by atoms with Gasteiger partial charge in [0.2, 0.25) is 0 Å². The number of anilines is 4. The number of fused-ring (bicyclic) bond motifs is 8. The molecular weight excluding hydrogens is 825 g/mol. The van der Waals surface area contributed by atoms with E-state index in [1.807, 2.05) is 44.5 Å². The third-order valence-corrected chi connectivity index (χ3v) is 15.3. The van der Waals surface area contributed by atoms with Gasteiger partial charge in [0.1, 0.15) is 45.5 Å². The first kappa shape index (κ1) is 41.4. The number of thiophene rings is 2. The smallest absolute Gasteiger partial charge is 0.312 e. The van der Waals surface area contributed by atoms with Crippen LogP contribution in [0.2, 0.25) is 0 Å². The summed E-state index contributed by atoms with van der Waals surface area (Å²) in [7, 11) is 3.32. The Morgan fingerprint density at radius 2 is 1.19 bits per heavy atom. The van der Waals surface area contributed by atoms with E-state index in [0.29, 0.717) is 51.8 Å². The summed E-state index contributed by atoms with van der Waals surface area (Å²) in [4.78, 5) is 55.6. The number of nitrogens with zero attached hydrogens (tertiary/aromatic N) is 6. The first-order chi connectivity index (χ1) is 30.1. The van der Waals surface area contributed by atoms with E-state index < -0.39 is 16.8 Å². The number of aliphatic imine (C=N–C) groups is 2. The number of aromatic nitrogens is 4. The third-order valence-electron chi connectivity index (χ3n) is 13.0. The number of aryl methyl sites for hydroxylation is 2. The van der Waals surface area contributed by atoms with Gasteiger partial charge in [0.05, 0.1) is 66.9 Å². The van der Waals surface area contributed by atoms with E-state index in [2.05, 4.69) is 53.5 Å². The molecule has 62 heavy (non-hydrogen) atoms. The molecule has 2 aromatic carbocycles. The number of carbonyl (C=O) groups excluding carboxylic acids is 1. The van der Waals surface area contributed by atoms with Crippen LogP contribution in [0.3, 0.4) is 0 Å². The van der Waals surface area contributed by atoms with Crippen LogP contribution in [0.25, 0.3) is 20.4 Å². The van der Waals surface area contributed by atoms with Crippen LogP contribution in [0.5, 0.6) is 11.5 Å². The summed E-state index contributed by atoms with van der Waals surface area (Å²) >= 11 is 3.24. The van der Waals surface area contributed by atoms with Crippen molar-refractivity contribution in [1.29, 1.82) is 0 Å². The summed E-state index contributed by atoms with van der Waals surface area (Å²) in [6.07, 6.45) is 12.5. The zero-order valence-electron chi connectivity index (χ0n) is 35.4. The minimum atomic E-state index is -0.706. The normalized spacial score (nSPS) is 19.2. The van der Waals surface area contributed by atoms with Crippen molar-refractivity contribution in [2.75, 3.05) is 31.5 Å². The molecule has 2 atom stereocenters. The second kappa shape index (κ2) is 16.7. The number of ether oxygens (including phenoxy) is 3. The Labute approximate surface area is 366 Å². The van der Waals surface area contributed by atoms with Crippen molar-refractivity contribution >= 4 is 90.5 Å². The van der Waals surface area contributed by atoms with E-state index >= 15 is 0 Å². The van der Waals surface area contributed by atoms with E-state index in [1.165, 1.54) is 16.0 Å². The van der Waals surface area contributed by atoms with Gasteiger partial charge in [-0.05, 0) is 116 Å². The third kappa shape index (κ3) is 7.21. The van der Waals surface area contributed by atoms with Crippen molar-refractivity contribution in [3.63, 3.8) is 0 Å². The molecule has 0 amide bonds. The first-order valence-electron chi connectivity index (χ1n) is 21.0. The molecule has 320 valence electrons. The Morgan fingerprint density at radius 1 is 0.710 bits per heavy atom. The quantitative estimate of drug-likeness (QED) is 0.105. The van der Waals surface area contributed by atoms with Crippen LogP contribution >= 0.6 is 22.7 Å². The summed E-state index contributed by atoms with van der Waals surface area (Å²) in [5.41, 5.74) is 7.42. The summed E-state index contributed by atoms with van der Waals surface area (Å²) in [6.45, 7) is 7.66. The van der Waals surface area contributed by atoms with E-state index in [9.17, 15) is 14.7 Å². The van der Waals surface area contributed by atoms with Gasteiger partial charge in [-0.1, -0.05) is 13.8 Å². The maximum Gasteiger partial charge on any atom is 0.312 e. The number of esters is 1.